The van der Waals surface area contributed by atoms with Gasteiger partial charge in [-0.15, -0.1) is 0 Å². The van der Waals surface area contributed by atoms with Gasteiger partial charge in [-0.3, -0.25) is 9.59 Å². The van der Waals surface area contributed by atoms with Crippen molar-refractivity contribution in [2.45, 2.75) is 103 Å². The molecule has 5 fully saturated rings. The molecule has 0 amide bonds. The van der Waals surface area contributed by atoms with Gasteiger partial charge < -0.3 is 15.5 Å². The van der Waals surface area contributed by atoms with E-state index >= 15 is 0 Å². The Hall–Kier alpha value is -0.780. The molecule has 174 valence electrons. The number of fused-ring (bicyclic) bond motifs is 3. The summed E-state index contributed by atoms with van der Waals surface area (Å²) in [5.74, 6) is 0.155. The molecule has 5 rings (SSSR count). The first-order valence-electron chi connectivity index (χ1n) is 12.8. The molecule has 5 saturated carbocycles. The predicted molar refractivity (Wildman–Crippen MR) is 118 cm³/mol. The minimum atomic E-state index is -1.04. The van der Waals surface area contributed by atoms with Gasteiger partial charge in [0.1, 0.15) is 11.6 Å². The van der Waals surface area contributed by atoms with Gasteiger partial charge in [0.15, 0.2) is 0 Å². The van der Waals surface area contributed by atoms with Gasteiger partial charge in [0.25, 0.3) is 0 Å². The smallest absolute Gasteiger partial charge is 0.149 e. The number of aliphatic hydroxyl groups excluding tert-OH is 2. The van der Waals surface area contributed by atoms with Crippen LogP contribution in [0.15, 0.2) is 0 Å². The number of carbonyl (C=O) groups excluding carboxylic acids is 2. The van der Waals surface area contributed by atoms with E-state index in [9.17, 15) is 19.8 Å². The van der Waals surface area contributed by atoms with Crippen molar-refractivity contribution in [3.8, 4) is 0 Å². The minimum Gasteiger partial charge on any atom is -0.392 e. The van der Waals surface area contributed by atoms with E-state index in [4.69, 9.17) is 0 Å². The molecule has 5 aliphatic rings. The van der Waals surface area contributed by atoms with Crippen LogP contribution in [0.5, 0.6) is 0 Å². The van der Waals surface area contributed by atoms with E-state index in [1.807, 2.05) is 13.8 Å². The van der Waals surface area contributed by atoms with Gasteiger partial charge in [-0.2, -0.15) is 0 Å². The van der Waals surface area contributed by atoms with Crippen LogP contribution < -0.4 is 5.32 Å². The summed E-state index contributed by atoms with van der Waals surface area (Å²) in [7, 11) is 0. The minimum absolute atomic E-state index is 0.0421. The number of aliphatic hydroxyl groups is 2. The van der Waals surface area contributed by atoms with Crippen molar-refractivity contribution in [3.05, 3.63) is 0 Å². The molecule has 5 nitrogen and oxygen atoms in total. The van der Waals surface area contributed by atoms with Gasteiger partial charge in [-0.25, -0.2) is 0 Å². The first-order valence-corrected chi connectivity index (χ1v) is 12.8. The van der Waals surface area contributed by atoms with Gasteiger partial charge in [0.05, 0.1) is 17.6 Å². The molecule has 0 aromatic heterocycles. The zero-order valence-corrected chi connectivity index (χ0v) is 19.5. The fraction of sp³-hybridized carbons (Fsp3) is 0.923. The molecular weight excluding hydrogens is 390 g/mol. The van der Waals surface area contributed by atoms with Crippen molar-refractivity contribution in [1.29, 1.82) is 0 Å². The van der Waals surface area contributed by atoms with Crippen molar-refractivity contribution >= 4 is 11.6 Å². The summed E-state index contributed by atoms with van der Waals surface area (Å²) in [5.41, 5.74) is -1.71. The van der Waals surface area contributed by atoms with Gasteiger partial charge >= 0.3 is 0 Å². The van der Waals surface area contributed by atoms with E-state index in [2.05, 4.69) is 12.2 Å². The van der Waals surface area contributed by atoms with E-state index in [0.29, 0.717) is 25.4 Å². The largest absolute Gasteiger partial charge is 0.392 e. The Kier molecular flexibility index (Phi) is 5.23. The number of nitrogens with one attached hydrogen (secondary N) is 1. The molecule has 1 spiro atoms. The van der Waals surface area contributed by atoms with Crippen molar-refractivity contribution in [2.24, 2.45) is 39.9 Å². The van der Waals surface area contributed by atoms with E-state index < -0.39 is 23.0 Å². The molecule has 5 aliphatic carbocycles. The van der Waals surface area contributed by atoms with Crippen LogP contribution in [-0.4, -0.2) is 46.6 Å². The van der Waals surface area contributed by atoms with E-state index in [1.54, 1.807) is 0 Å². The average molecular weight is 432 g/mol. The molecule has 31 heavy (non-hydrogen) atoms. The maximum Gasteiger partial charge on any atom is 0.149 e. The fourth-order valence-electron chi connectivity index (χ4n) is 9.18. The Balaban J connectivity index is 1.46. The van der Waals surface area contributed by atoms with Gasteiger partial charge in [-0.1, -0.05) is 40.0 Å². The third-order valence-electron chi connectivity index (χ3n) is 10.9. The zero-order valence-electron chi connectivity index (χ0n) is 19.5. The van der Waals surface area contributed by atoms with Crippen molar-refractivity contribution in [3.63, 3.8) is 0 Å². The standard InChI is InChI=1S/C26H41NO4/c1-24(2)19-13-21(29)26-18(25(19,3)12-11-20(24)28)10-9-16(22(26)30)17(23(26)31)14-27-15-7-5-4-6-8-15/h15-19,21-22,27,29-30H,4-14H2,1-3H3/t16-,17?,18-,19+,21+,22+,25-,26+/m0/s1. The van der Waals surface area contributed by atoms with Gasteiger partial charge in [0, 0.05) is 30.3 Å². The van der Waals surface area contributed by atoms with E-state index in [1.165, 1.54) is 32.1 Å². The molecule has 3 N–H and O–H groups in total. The van der Waals surface area contributed by atoms with Crippen LogP contribution in [0.4, 0.5) is 0 Å². The number of rotatable bonds is 3. The second kappa shape index (κ2) is 7.36. The quantitative estimate of drug-likeness (QED) is 0.639. The first-order chi connectivity index (χ1) is 14.6. The highest BCUT2D eigenvalue weighted by Crippen LogP contribution is 2.70. The van der Waals surface area contributed by atoms with E-state index in [0.717, 1.165) is 19.3 Å². The molecule has 5 heteroatoms. The normalized spacial score (nSPS) is 49.6. The summed E-state index contributed by atoms with van der Waals surface area (Å²) in [4.78, 5) is 26.8. The maximum absolute atomic E-state index is 14.1. The monoisotopic (exact) mass is 431 g/mol. The molecule has 0 radical (unpaired) electrons. The summed E-state index contributed by atoms with van der Waals surface area (Å²) in [6, 6.07) is 0.482. The van der Waals surface area contributed by atoms with Crippen LogP contribution in [0.1, 0.15) is 85.0 Å². The Morgan fingerprint density at radius 1 is 0.968 bits per heavy atom. The lowest BCUT2D eigenvalue weighted by Crippen LogP contribution is -2.68. The topological polar surface area (TPSA) is 86.6 Å². The lowest BCUT2D eigenvalue weighted by molar-refractivity contribution is -0.222. The number of carbonyl (C=O) groups is 2. The zero-order chi connectivity index (χ0) is 22.2. The lowest BCUT2D eigenvalue weighted by Gasteiger charge is -2.64. The van der Waals surface area contributed by atoms with Gasteiger partial charge in [0.2, 0.25) is 0 Å². The molecule has 1 unspecified atom stereocenters. The Labute approximate surface area is 186 Å². The third kappa shape index (κ3) is 2.85. The highest BCUT2D eigenvalue weighted by atomic mass is 16.3. The van der Waals surface area contributed by atoms with Crippen LogP contribution in [0.3, 0.4) is 0 Å². The van der Waals surface area contributed by atoms with Gasteiger partial charge in [-0.05, 0) is 61.7 Å². The second-order valence-corrected chi connectivity index (χ2v) is 12.3. The number of hydrogen-bond donors (Lipinski definition) is 3. The third-order valence-corrected chi connectivity index (χ3v) is 10.9. The van der Waals surface area contributed by atoms with Crippen molar-refractivity contribution < 1.29 is 19.8 Å². The molecule has 0 aliphatic heterocycles. The summed E-state index contributed by atoms with van der Waals surface area (Å²) < 4.78 is 0. The van der Waals surface area contributed by atoms with E-state index in [-0.39, 0.29) is 40.7 Å². The molecule has 8 atom stereocenters. The summed E-state index contributed by atoms with van der Waals surface area (Å²) >= 11 is 0. The highest BCUT2D eigenvalue weighted by Gasteiger charge is 2.75. The van der Waals surface area contributed by atoms with Crippen LogP contribution >= 0.6 is 0 Å². The fourth-order valence-corrected chi connectivity index (χ4v) is 9.18. The predicted octanol–water partition coefficient (Wildman–Crippen LogP) is 3.26. The van der Waals surface area contributed by atoms with Crippen LogP contribution in [0.2, 0.25) is 0 Å². The summed E-state index contributed by atoms with van der Waals surface area (Å²) in [5, 5.41) is 26.7. The molecule has 0 aromatic rings. The number of Topliss-reactive ketones (excluding diaryl/α,β-unsaturated/α-hetero) is 2. The number of ketones is 2. The lowest BCUT2D eigenvalue weighted by atomic mass is 9.39. The Morgan fingerprint density at radius 3 is 2.39 bits per heavy atom. The Morgan fingerprint density at radius 2 is 1.68 bits per heavy atom. The van der Waals surface area contributed by atoms with Crippen LogP contribution in [-0.2, 0) is 9.59 Å². The second-order valence-electron chi connectivity index (χ2n) is 12.3. The first kappa shape index (κ1) is 22.0. The highest BCUT2D eigenvalue weighted by molar-refractivity contribution is 5.93. The summed E-state index contributed by atoms with van der Waals surface area (Å²) in [6.45, 7) is 6.93. The molecule has 0 aromatic carbocycles. The van der Waals surface area contributed by atoms with Crippen molar-refractivity contribution in [2.75, 3.05) is 6.54 Å². The SMILES string of the molecule is CC1(C)C(=O)CC[C@]2(C)[C@@H]1C[C@@H](O)[C@]13C(=O)C(CNC4CCCCC4)[C@H](CC[C@@H]21)[C@H]3O. The van der Waals surface area contributed by atoms with Crippen LogP contribution in [0, 0.1) is 39.9 Å². The molecule has 2 bridgehead atoms. The number of hydrogen-bond acceptors (Lipinski definition) is 5. The molecule has 0 heterocycles. The summed E-state index contributed by atoms with van der Waals surface area (Å²) in [6.07, 6.45) is 8.03. The average Bonchev–Trinajstić information content (AvgIpc) is 2.86. The Bertz CT molecular complexity index is 759. The molecular formula is C26H41NO4. The maximum atomic E-state index is 14.1. The van der Waals surface area contributed by atoms with Crippen LogP contribution in [0.25, 0.3) is 0 Å². The van der Waals surface area contributed by atoms with Crippen molar-refractivity contribution in [1.82, 2.24) is 5.32 Å². The molecule has 0 saturated heterocycles.